The van der Waals surface area contributed by atoms with Crippen molar-refractivity contribution >= 4 is 11.0 Å². The zero-order valence-electron chi connectivity index (χ0n) is 17.7. The second kappa shape index (κ2) is 8.05. The number of aromatic amines is 1. The van der Waals surface area contributed by atoms with Crippen molar-refractivity contribution in [3.8, 4) is 22.3 Å². The molecule has 1 N–H and O–H groups in total. The van der Waals surface area contributed by atoms with Crippen molar-refractivity contribution < 1.29 is 0 Å². The van der Waals surface area contributed by atoms with Crippen LogP contribution in [0.3, 0.4) is 0 Å². The molecule has 0 amide bonds. The van der Waals surface area contributed by atoms with Crippen molar-refractivity contribution in [2.75, 3.05) is 33.2 Å². The van der Waals surface area contributed by atoms with Gasteiger partial charge in [0.1, 0.15) is 5.65 Å². The van der Waals surface area contributed by atoms with Crippen LogP contribution in [0, 0.1) is 6.92 Å². The number of H-pyrrole nitrogens is 1. The Labute approximate surface area is 178 Å². The number of hydrogen-bond acceptors (Lipinski definition) is 3. The monoisotopic (exact) mass is 396 g/mol. The van der Waals surface area contributed by atoms with Gasteiger partial charge in [0.2, 0.25) is 0 Å². The van der Waals surface area contributed by atoms with E-state index in [1.165, 1.54) is 33.2 Å². The number of nitrogens with one attached hydrogen (secondary N) is 1. The lowest BCUT2D eigenvalue weighted by atomic mass is 10.0. The molecule has 0 atom stereocenters. The number of fused-ring (bicyclic) bond motifs is 1. The Balaban J connectivity index is 1.40. The summed E-state index contributed by atoms with van der Waals surface area (Å²) in [6, 6.07) is 19.9. The molecule has 2 aromatic carbocycles. The first kappa shape index (κ1) is 19.0. The highest BCUT2D eigenvalue weighted by atomic mass is 15.2. The highest BCUT2D eigenvalue weighted by Crippen LogP contribution is 2.31. The summed E-state index contributed by atoms with van der Waals surface area (Å²) in [6.45, 7) is 7.77. The van der Waals surface area contributed by atoms with Crippen molar-refractivity contribution in [2.45, 2.75) is 13.5 Å². The van der Waals surface area contributed by atoms with Crippen LogP contribution >= 0.6 is 0 Å². The minimum atomic E-state index is 0.932. The van der Waals surface area contributed by atoms with E-state index in [0.29, 0.717) is 0 Å². The van der Waals surface area contributed by atoms with Gasteiger partial charge in [0.15, 0.2) is 0 Å². The first-order valence-electron chi connectivity index (χ1n) is 10.7. The summed E-state index contributed by atoms with van der Waals surface area (Å²) < 4.78 is 0. The molecule has 0 radical (unpaired) electrons. The van der Waals surface area contributed by atoms with Crippen molar-refractivity contribution in [1.29, 1.82) is 0 Å². The second-order valence-electron chi connectivity index (χ2n) is 8.47. The van der Waals surface area contributed by atoms with Crippen LogP contribution in [-0.4, -0.2) is 53.0 Å². The number of aryl methyl sites for hydroxylation is 1. The minimum absolute atomic E-state index is 0.932. The Kier molecular flexibility index (Phi) is 5.11. The molecule has 30 heavy (non-hydrogen) atoms. The molecule has 0 saturated carbocycles. The van der Waals surface area contributed by atoms with Gasteiger partial charge in [0.25, 0.3) is 0 Å². The van der Waals surface area contributed by atoms with Crippen LogP contribution in [0.5, 0.6) is 0 Å². The van der Waals surface area contributed by atoms with Crippen LogP contribution in [0.15, 0.2) is 67.0 Å². The number of piperazine rings is 1. The Morgan fingerprint density at radius 2 is 1.70 bits per heavy atom. The first-order valence-corrected chi connectivity index (χ1v) is 10.7. The van der Waals surface area contributed by atoms with E-state index in [-0.39, 0.29) is 0 Å². The molecule has 1 saturated heterocycles. The fourth-order valence-corrected chi connectivity index (χ4v) is 4.28. The zero-order valence-corrected chi connectivity index (χ0v) is 17.7. The number of likely N-dealkylation sites (N-methyl/N-ethyl adjacent to an activating group) is 1. The molecular weight excluding hydrogens is 368 g/mol. The molecule has 3 heterocycles. The lowest BCUT2D eigenvalue weighted by molar-refractivity contribution is 0.148. The topological polar surface area (TPSA) is 35.2 Å². The van der Waals surface area contributed by atoms with Crippen LogP contribution in [0.1, 0.15) is 11.1 Å². The van der Waals surface area contributed by atoms with Gasteiger partial charge in [-0.2, -0.15) is 0 Å². The van der Waals surface area contributed by atoms with Gasteiger partial charge in [-0.25, -0.2) is 4.98 Å². The normalized spacial score (nSPS) is 15.7. The van der Waals surface area contributed by atoms with Crippen LogP contribution in [0.25, 0.3) is 33.3 Å². The van der Waals surface area contributed by atoms with Gasteiger partial charge < -0.3 is 9.88 Å². The number of aromatic nitrogens is 2. The third-order valence-electron chi connectivity index (χ3n) is 6.15. The SMILES string of the molecule is Cc1cccc(-c2c[nH]c3ncc(-c4ccc(CN5CCN(C)CC5)cc4)cc23)c1. The molecule has 152 valence electrons. The molecule has 1 aliphatic rings. The third kappa shape index (κ3) is 3.89. The number of rotatable bonds is 4. The first-order chi connectivity index (χ1) is 14.7. The van der Waals surface area contributed by atoms with Gasteiger partial charge in [-0.1, -0.05) is 54.1 Å². The standard InChI is InChI=1S/C26H28N4/c1-19-4-3-5-22(14-19)25-17-28-26-24(25)15-23(16-27-26)21-8-6-20(7-9-21)18-30-12-10-29(2)11-13-30/h3-9,14-17H,10-13,18H2,1-2H3,(H,27,28). The molecule has 4 nitrogen and oxygen atoms in total. The summed E-state index contributed by atoms with van der Waals surface area (Å²) in [4.78, 5) is 12.9. The van der Waals surface area contributed by atoms with Crippen molar-refractivity contribution in [1.82, 2.24) is 19.8 Å². The summed E-state index contributed by atoms with van der Waals surface area (Å²) in [5, 5.41) is 1.17. The van der Waals surface area contributed by atoms with E-state index >= 15 is 0 Å². The fraction of sp³-hybridized carbons (Fsp3) is 0.269. The Hall–Kier alpha value is -2.95. The predicted octanol–water partition coefficient (Wildman–Crippen LogP) is 4.95. The molecule has 0 unspecified atom stereocenters. The smallest absolute Gasteiger partial charge is 0.137 e. The molecule has 1 fully saturated rings. The largest absolute Gasteiger partial charge is 0.346 e. The Morgan fingerprint density at radius 1 is 0.900 bits per heavy atom. The molecule has 0 aliphatic carbocycles. The molecule has 4 heteroatoms. The maximum Gasteiger partial charge on any atom is 0.137 e. The number of benzene rings is 2. The lowest BCUT2D eigenvalue weighted by Gasteiger charge is -2.32. The lowest BCUT2D eigenvalue weighted by Crippen LogP contribution is -2.43. The highest BCUT2D eigenvalue weighted by molar-refractivity contribution is 5.95. The summed E-state index contributed by atoms with van der Waals surface area (Å²) >= 11 is 0. The van der Waals surface area contributed by atoms with Crippen molar-refractivity contribution in [3.05, 3.63) is 78.1 Å². The summed E-state index contributed by atoms with van der Waals surface area (Å²) in [6.07, 6.45) is 4.03. The van der Waals surface area contributed by atoms with E-state index in [1.807, 2.05) is 6.20 Å². The maximum atomic E-state index is 4.68. The van der Waals surface area contributed by atoms with E-state index in [0.717, 1.165) is 43.9 Å². The van der Waals surface area contributed by atoms with Gasteiger partial charge in [-0.15, -0.1) is 0 Å². The molecule has 0 spiro atoms. The molecule has 5 rings (SSSR count). The van der Waals surface area contributed by atoms with E-state index < -0.39 is 0 Å². The van der Waals surface area contributed by atoms with Crippen LogP contribution < -0.4 is 0 Å². The van der Waals surface area contributed by atoms with Gasteiger partial charge in [0, 0.05) is 61.6 Å². The molecule has 4 aromatic rings. The molecular formula is C26H28N4. The minimum Gasteiger partial charge on any atom is -0.346 e. The summed E-state index contributed by atoms with van der Waals surface area (Å²) in [7, 11) is 2.20. The number of nitrogens with zero attached hydrogens (tertiary/aromatic N) is 3. The van der Waals surface area contributed by atoms with Gasteiger partial charge in [0.05, 0.1) is 0 Å². The fourth-order valence-electron chi connectivity index (χ4n) is 4.28. The van der Waals surface area contributed by atoms with Gasteiger partial charge in [-0.05, 0) is 36.7 Å². The predicted molar refractivity (Wildman–Crippen MR) is 124 cm³/mol. The van der Waals surface area contributed by atoms with Gasteiger partial charge >= 0.3 is 0 Å². The van der Waals surface area contributed by atoms with Crippen molar-refractivity contribution in [2.24, 2.45) is 0 Å². The molecule has 2 aromatic heterocycles. The maximum absolute atomic E-state index is 4.68. The van der Waals surface area contributed by atoms with Gasteiger partial charge in [-0.3, -0.25) is 4.90 Å². The van der Waals surface area contributed by atoms with Crippen LogP contribution in [0.4, 0.5) is 0 Å². The molecule has 1 aliphatic heterocycles. The summed E-state index contributed by atoms with van der Waals surface area (Å²) in [5.41, 5.74) is 8.37. The molecule has 0 bridgehead atoms. The Bertz CT molecular complexity index is 1150. The second-order valence-corrected chi connectivity index (χ2v) is 8.47. The van der Waals surface area contributed by atoms with E-state index in [2.05, 4.69) is 94.5 Å². The summed E-state index contributed by atoms with van der Waals surface area (Å²) in [5.74, 6) is 0. The van der Waals surface area contributed by atoms with E-state index in [1.54, 1.807) is 0 Å². The Morgan fingerprint density at radius 3 is 2.47 bits per heavy atom. The van der Waals surface area contributed by atoms with Crippen LogP contribution in [-0.2, 0) is 6.54 Å². The average molecular weight is 397 g/mol. The van der Waals surface area contributed by atoms with Crippen molar-refractivity contribution in [3.63, 3.8) is 0 Å². The third-order valence-corrected chi connectivity index (χ3v) is 6.15. The average Bonchev–Trinajstić information content (AvgIpc) is 3.19. The van der Waals surface area contributed by atoms with Crippen LogP contribution in [0.2, 0.25) is 0 Å². The number of pyridine rings is 1. The van der Waals surface area contributed by atoms with E-state index in [4.69, 9.17) is 0 Å². The highest BCUT2D eigenvalue weighted by Gasteiger charge is 2.14. The number of hydrogen-bond donors (Lipinski definition) is 1. The van der Waals surface area contributed by atoms with E-state index in [9.17, 15) is 0 Å². The quantitative estimate of drug-likeness (QED) is 0.530. The zero-order chi connectivity index (χ0) is 20.5.